The van der Waals surface area contributed by atoms with Crippen molar-refractivity contribution in [1.29, 1.82) is 0 Å². The van der Waals surface area contributed by atoms with Crippen LogP contribution in [0.3, 0.4) is 0 Å². The fraction of sp³-hybridized carbons (Fsp3) is 0.357. The number of benzene rings is 1. The number of nitrogen functional groups attached to an aromatic ring is 1. The van der Waals surface area contributed by atoms with E-state index in [1.54, 1.807) is 6.92 Å². The number of anilines is 1. The maximum atomic E-state index is 14.1. The number of hydrogen-bond acceptors (Lipinski definition) is 7. The predicted octanol–water partition coefficient (Wildman–Crippen LogP) is 2.26. The molecule has 1 aliphatic carbocycles. The summed E-state index contributed by atoms with van der Waals surface area (Å²) >= 11 is 0.327. The molecule has 0 atom stereocenters. The quantitative estimate of drug-likeness (QED) is 0.562. The molecule has 0 radical (unpaired) electrons. The molecule has 1 heterocycles. The van der Waals surface area contributed by atoms with Gasteiger partial charge in [-0.2, -0.15) is 0 Å². The second-order valence-corrected chi connectivity index (χ2v) is 8.80. The van der Waals surface area contributed by atoms with Gasteiger partial charge < -0.3 is 5.73 Å². The molecule has 7 nitrogen and oxygen atoms in total. The number of halogens is 3. The second kappa shape index (κ2) is 6.28. The Labute approximate surface area is 150 Å². The van der Waals surface area contributed by atoms with E-state index in [9.17, 15) is 26.4 Å². The fourth-order valence-corrected chi connectivity index (χ4v) is 4.29. The van der Waals surface area contributed by atoms with Gasteiger partial charge in [0.1, 0.15) is 5.82 Å². The molecule has 140 valence electrons. The van der Waals surface area contributed by atoms with Crippen LogP contribution >= 0.6 is 11.3 Å². The normalized spacial score (nSPS) is 16.0. The smallest absolute Gasteiger partial charge is 0.291 e. The first-order valence-corrected chi connectivity index (χ1v) is 9.62. The molecule has 1 fully saturated rings. The lowest BCUT2D eigenvalue weighted by Crippen LogP contribution is -2.34. The molecule has 12 heteroatoms. The van der Waals surface area contributed by atoms with Crippen LogP contribution in [0.4, 0.5) is 18.9 Å². The SMILES string of the molecule is CC1(NS(=O)(=O)c2cc(F)c(N)c(C(=O)c3nnc(C(F)F)s3)c2)CC1. The Kier molecular flexibility index (Phi) is 4.53. The van der Waals surface area contributed by atoms with Gasteiger partial charge in [0.05, 0.1) is 16.1 Å². The van der Waals surface area contributed by atoms with E-state index >= 15 is 0 Å². The van der Waals surface area contributed by atoms with Crippen LogP contribution in [-0.2, 0) is 10.0 Å². The largest absolute Gasteiger partial charge is 0.396 e. The standard InChI is InChI=1S/C14H13F3N4O3S2/c1-14(2-3-14)21-26(23,24)6-4-7(9(18)8(15)5-6)10(22)12-19-20-13(25-12)11(16)17/h4-5,11,21H,2-3,18H2,1H3. The summed E-state index contributed by atoms with van der Waals surface area (Å²) in [5.41, 5.74) is 3.85. The van der Waals surface area contributed by atoms with Crippen LogP contribution in [0.1, 0.15) is 46.6 Å². The van der Waals surface area contributed by atoms with E-state index in [1.165, 1.54) is 0 Å². The molecule has 1 saturated carbocycles. The molecule has 1 aliphatic rings. The molecular weight excluding hydrogens is 393 g/mol. The van der Waals surface area contributed by atoms with Gasteiger partial charge in [-0.15, -0.1) is 10.2 Å². The molecule has 0 bridgehead atoms. The molecule has 3 rings (SSSR count). The van der Waals surface area contributed by atoms with Crippen molar-refractivity contribution in [1.82, 2.24) is 14.9 Å². The van der Waals surface area contributed by atoms with Crippen molar-refractivity contribution in [2.75, 3.05) is 5.73 Å². The first kappa shape index (κ1) is 18.7. The van der Waals surface area contributed by atoms with E-state index in [2.05, 4.69) is 14.9 Å². The Morgan fingerprint density at radius 1 is 1.35 bits per heavy atom. The Hall–Kier alpha value is -2.05. The van der Waals surface area contributed by atoms with E-state index in [1.807, 2.05) is 0 Å². The van der Waals surface area contributed by atoms with Crippen molar-refractivity contribution in [2.45, 2.75) is 36.6 Å². The monoisotopic (exact) mass is 406 g/mol. The van der Waals surface area contributed by atoms with E-state index in [4.69, 9.17) is 5.73 Å². The predicted molar refractivity (Wildman–Crippen MR) is 87.1 cm³/mol. The molecule has 0 amide bonds. The molecule has 0 aliphatic heterocycles. The number of nitrogens with one attached hydrogen (secondary N) is 1. The van der Waals surface area contributed by atoms with Crippen LogP contribution in [0, 0.1) is 5.82 Å². The first-order valence-electron chi connectivity index (χ1n) is 7.32. The number of alkyl halides is 2. The van der Waals surface area contributed by atoms with Gasteiger partial charge in [0.25, 0.3) is 6.43 Å². The zero-order chi connectivity index (χ0) is 19.3. The number of nitrogens with zero attached hydrogens (tertiary/aromatic N) is 2. The van der Waals surface area contributed by atoms with Crippen LogP contribution in [0.5, 0.6) is 0 Å². The molecular formula is C14H13F3N4O3S2. The summed E-state index contributed by atoms with van der Waals surface area (Å²) < 4.78 is 66.5. The number of ketones is 1. The van der Waals surface area contributed by atoms with Crippen LogP contribution < -0.4 is 10.5 Å². The van der Waals surface area contributed by atoms with E-state index in [0.29, 0.717) is 30.2 Å². The zero-order valence-corrected chi connectivity index (χ0v) is 14.9. The Morgan fingerprint density at radius 3 is 2.54 bits per heavy atom. The summed E-state index contributed by atoms with van der Waals surface area (Å²) in [4.78, 5) is 11.9. The summed E-state index contributed by atoms with van der Waals surface area (Å²) in [6, 6.07) is 1.60. The number of carbonyl (C=O) groups is 1. The molecule has 26 heavy (non-hydrogen) atoms. The molecule has 1 aromatic carbocycles. The minimum Gasteiger partial charge on any atom is -0.396 e. The molecule has 0 spiro atoms. The van der Waals surface area contributed by atoms with Crippen molar-refractivity contribution in [3.05, 3.63) is 33.5 Å². The van der Waals surface area contributed by atoms with E-state index < -0.39 is 59.7 Å². The van der Waals surface area contributed by atoms with Gasteiger partial charge in [-0.1, -0.05) is 11.3 Å². The fourth-order valence-electron chi connectivity index (χ4n) is 2.14. The van der Waals surface area contributed by atoms with Gasteiger partial charge >= 0.3 is 0 Å². The van der Waals surface area contributed by atoms with Crippen LogP contribution in [0.2, 0.25) is 0 Å². The number of hydrogen-bond donors (Lipinski definition) is 2. The Balaban J connectivity index is 2.01. The van der Waals surface area contributed by atoms with Gasteiger partial charge in [0.15, 0.2) is 10.0 Å². The van der Waals surface area contributed by atoms with Gasteiger partial charge in [-0.3, -0.25) is 4.79 Å². The summed E-state index contributed by atoms with van der Waals surface area (Å²) in [5, 5.41) is 5.39. The highest BCUT2D eigenvalue weighted by Crippen LogP contribution is 2.36. The third-order valence-corrected chi connectivity index (χ3v) is 6.41. The molecule has 2 aromatic rings. The minimum absolute atomic E-state index is 0.327. The average Bonchev–Trinajstić information content (AvgIpc) is 3.08. The second-order valence-electron chi connectivity index (χ2n) is 6.11. The third kappa shape index (κ3) is 3.57. The van der Waals surface area contributed by atoms with Crippen molar-refractivity contribution in [3.63, 3.8) is 0 Å². The van der Waals surface area contributed by atoms with Crippen molar-refractivity contribution in [2.24, 2.45) is 0 Å². The summed E-state index contributed by atoms with van der Waals surface area (Å²) in [5.74, 6) is -2.10. The van der Waals surface area contributed by atoms with Crippen LogP contribution in [0.25, 0.3) is 0 Å². The van der Waals surface area contributed by atoms with Gasteiger partial charge in [-0.05, 0) is 31.9 Å². The van der Waals surface area contributed by atoms with Crippen molar-refractivity contribution in [3.8, 4) is 0 Å². The number of rotatable bonds is 6. The van der Waals surface area contributed by atoms with Crippen molar-refractivity contribution < 1.29 is 26.4 Å². The summed E-state index contributed by atoms with van der Waals surface area (Å²) in [6.07, 6.45) is -1.65. The van der Waals surface area contributed by atoms with Crippen molar-refractivity contribution >= 4 is 32.8 Å². The van der Waals surface area contributed by atoms with Crippen LogP contribution in [-0.4, -0.2) is 29.9 Å². The lowest BCUT2D eigenvalue weighted by atomic mass is 10.1. The topological polar surface area (TPSA) is 115 Å². The first-order chi connectivity index (χ1) is 12.0. The van der Waals surface area contributed by atoms with Gasteiger partial charge in [-0.25, -0.2) is 26.3 Å². The Morgan fingerprint density at radius 2 is 2.00 bits per heavy atom. The maximum Gasteiger partial charge on any atom is 0.291 e. The summed E-state index contributed by atoms with van der Waals surface area (Å²) in [6.45, 7) is 1.69. The number of carbonyl (C=O) groups excluding carboxylic acids is 1. The number of aromatic nitrogens is 2. The highest BCUT2D eigenvalue weighted by molar-refractivity contribution is 7.89. The Bertz CT molecular complexity index is 987. The highest BCUT2D eigenvalue weighted by Gasteiger charge is 2.41. The number of nitrogens with two attached hydrogens (primary N) is 1. The van der Waals surface area contributed by atoms with Crippen LogP contribution in [0.15, 0.2) is 17.0 Å². The van der Waals surface area contributed by atoms with Gasteiger partial charge in [0.2, 0.25) is 15.8 Å². The molecule has 3 N–H and O–H groups in total. The highest BCUT2D eigenvalue weighted by atomic mass is 32.2. The maximum absolute atomic E-state index is 14.1. The minimum atomic E-state index is -4.09. The van der Waals surface area contributed by atoms with E-state index in [-0.39, 0.29) is 0 Å². The van der Waals surface area contributed by atoms with E-state index in [0.717, 1.165) is 6.07 Å². The zero-order valence-electron chi connectivity index (χ0n) is 13.3. The third-order valence-electron chi connectivity index (χ3n) is 3.86. The molecule has 0 unspecified atom stereocenters. The molecule has 0 saturated heterocycles. The van der Waals surface area contributed by atoms with Gasteiger partial charge in [0, 0.05) is 5.54 Å². The lowest BCUT2D eigenvalue weighted by Gasteiger charge is -2.14. The average molecular weight is 406 g/mol. The molecule has 1 aromatic heterocycles. The summed E-state index contributed by atoms with van der Waals surface area (Å²) in [7, 11) is -4.09. The lowest BCUT2D eigenvalue weighted by molar-refractivity contribution is 0.103. The number of sulfonamides is 1.